The van der Waals surface area contributed by atoms with Crippen LogP contribution in [0.15, 0.2) is 42.7 Å². The van der Waals surface area contributed by atoms with Crippen molar-refractivity contribution in [2.24, 2.45) is 0 Å². The van der Waals surface area contributed by atoms with E-state index in [0.29, 0.717) is 5.56 Å². The number of hydrogen-bond donors (Lipinski definition) is 1. The summed E-state index contributed by atoms with van der Waals surface area (Å²) in [5, 5.41) is 8.21. The van der Waals surface area contributed by atoms with Crippen molar-refractivity contribution in [2.75, 3.05) is 0 Å². The number of nitrogens with one attached hydrogen (secondary N) is 1. The number of pyridine rings is 1. The van der Waals surface area contributed by atoms with Crippen LogP contribution in [0.25, 0.3) is 22.2 Å². The third-order valence-electron chi connectivity index (χ3n) is 2.68. The molecule has 0 amide bonds. The molecule has 2 aromatic heterocycles. The second-order valence-electron chi connectivity index (χ2n) is 3.73. The van der Waals surface area contributed by atoms with E-state index in [1.165, 1.54) is 0 Å². The quantitative estimate of drug-likeness (QED) is 0.679. The van der Waals surface area contributed by atoms with Gasteiger partial charge in [0.15, 0.2) is 0 Å². The summed E-state index contributed by atoms with van der Waals surface area (Å²) in [7, 11) is 0. The van der Waals surface area contributed by atoms with Gasteiger partial charge in [-0.05, 0) is 24.3 Å². The minimum Gasteiger partial charge on any atom is -0.298 e. The predicted octanol–water partition coefficient (Wildman–Crippen LogP) is 2.44. The van der Waals surface area contributed by atoms with Gasteiger partial charge in [-0.25, -0.2) is 0 Å². The van der Waals surface area contributed by atoms with Crippen molar-refractivity contribution in [1.29, 1.82) is 0 Å². The SMILES string of the molecule is O=Cc1ccc2c(-c3ccncc3)n[nH]c2c1. The van der Waals surface area contributed by atoms with Crippen LogP contribution >= 0.6 is 0 Å². The molecule has 0 aliphatic rings. The number of carbonyl (C=O) groups excluding carboxylic acids is 1. The number of benzene rings is 1. The Morgan fingerprint density at radius 2 is 1.94 bits per heavy atom. The number of H-pyrrole nitrogens is 1. The molecule has 17 heavy (non-hydrogen) atoms. The van der Waals surface area contributed by atoms with Crippen molar-refractivity contribution in [3.05, 3.63) is 48.3 Å². The Bertz CT molecular complexity index is 673. The Labute approximate surface area is 97.3 Å². The Hall–Kier alpha value is -2.49. The zero-order valence-electron chi connectivity index (χ0n) is 8.92. The lowest BCUT2D eigenvalue weighted by Crippen LogP contribution is -1.80. The summed E-state index contributed by atoms with van der Waals surface area (Å²) in [5.41, 5.74) is 3.38. The zero-order valence-corrected chi connectivity index (χ0v) is 8.92. The minimum atomic E-state index is 0.641. The first kappa shape index (κ1) is 9.72. The minimum absolute atomic E-state index is 0.641. The van der Waals surface area contributed by atoms with Gasteiger partial charge in [-0.1, -0.05) is 6.07 Å². The van der Waals surface area contributed by atoms with Gasteiger partial charge in [0.1, 0.15) is 12.0 Å². The number of aldehydes is 1. The van der Waals surface area contributed by atoms with Gasteiger partial charge in [-0.3, -0.25) is 14.9 Å². The molecule has 0 saturated carbocycles. The summed E-state index contributed by atoms with van der Waals surface area (Å²) < 4.78 is 0. The lowest BCUT2D eigenvalue weighted by atomic mass is 10.1. The summed E-state index contributed by atoms with van der Waals surface area (Å²) in [6, 6.07) is 9.29. The molecule has 0 atom stereocenters. The topological polar surface area (TPSA) is 58.6 Å². The number of aromatic nitrogens is 3. The second-order valence-corrected chi connectivity index (χ2v) is 3.73. The van der Waals surface area contributed by atoms with Crippen LogP contribution in [0.1, 0.15) is 10.4 Å². The first-order valence-electron chi connectivity index (χ1n) is 5.22. The van der Waals surface area contributed by atoms with Crippen molar-refractivity contribution in [3.63, 3.8) is 0 Å². The molecule has 4 nitrogen and oxygen atoms in total. The Morgan fingerprint density at radius 1 is 1.12 bits per heavy atom. The van der Waals surface area contributed by atoms with Crippen molar-refractivity contribution in [2.45, 2.75) is 0 Å². The highest BCUT2D eigenvalue weighted by Gasteiger charge is 2.07. The number of fused-ring (bicyclic) bond motifs is 1. The van der Waals surface area contributed by atoms with Crippen LogP contribution in [-0.2, 0) is 0 Å². The molecule has 0 aliphatic carbocycles. The van der Waals surface area contributed by atoms with E-state index in [4.69, 9.17) is 0 Å². The summed E-state index contributed by atoms with van der Waals surface area (Å²) in [5.74, 6) is 0. The number of hydrogen-bond acceptors (Lipinski definition) is 3. The normalized spacial score (nSPS) is 10.6. The number of aromatic amines is 1. The summed E-state index contributed by atoms with van der Waals surface area (Å²) in [6.45, 7) is 0. The van der Waals surface area contributed by atoms with E-state index >= 15 is 0 Å². The van der Waals surface area contributed by atoms with E-state index in [1.54, 1.807) is 24.5 Å². The number of nitrogens with zero attached hydrogens (tertiary/aromatic N) is 2. The average molecular weight is 223 g/mol. The molecular formula is C13H9N3O. The molecule has 0 saturated heterocycles. The van der Waals surface area contributed by atoms with Crippen molar-refractivity contribution < 1.29 is 4.79 Å². The van der Waals surface area contributed by atoms with Crippen LogP contribution in [0, 0.1) is 0 Å². The molecule has 0 bridgehead atoms. The molecule has 0 fully saturated rings. The van der Waals surface area contributed by atoms with Crippen LogP contribution in [0.3, 0.4) is 0 Å². The van der Waals surface area contributed by atoms with Gasteiger partial charge >= 0.3 is 0 Å². The maximum atomic E-state index is 10.7. The molecule has 4 heteroatoms. The molecular weight excluding hydrogens is 214 g/mol. The smallest absolute Gasteiger partial charge is 0.150 e. The van der Waals surface area contributed by atoms with Crippen LogP contribution in [0.4, 0.5) is 0 Å². The van der Waals surface area contributed by atoms with Gasteiger partial charge in [0.25, 0.3) is 0 Å². The second kappa shape index (κ2) is 3.83. The first-order chi connectivity index (χ1) is 8.38. The van der Waals surface area contributed by atoms with E-state index < -0.39 is 0 Å². The molecule has 0 unspecified atom stereocenters. The van der Waals surface area contributed by atoms with Gasteiger partial charge in [0.05, 0.1) is 5.52 Å². The molecule has 1 N–H and O–H groups in total. The Balaban J connectivity index is 2.22. The summed E-state index contributed by atoms with van der Waals surface area (Å²) in [6.07, 6.45) is 4.29. The fraction of sp³-hybridized carbons (Fsp3) is 0. The van der Waals surface area contributed by atoms with E-state index in [1.807, 2.05) is 18.2 Å². The highest BCUT2D eigenvalue weighted by Crippen LogP contribution is 2.25. The average Bonchev–Trinajstić information content (AvgIpc) is 2.82. The van der Waals surface area contributed by atoms with E-state index in [0.717, 1.165) is 28.4 Å². The summed E-state index contributed by atoms with van der Waals surface area (Å²) in [4.78, 5) is 14.7. The highest BCUT2D eigenvalue weighted by atomic mass is 16.1. The maximum Gasteiger partial charge on any atom is 0.150 e. The lowest BCUT2D eigenvalue weighted by Gasteiger charge is -1.96. The van der Waals surface area contributed by atoms with Gasteiger partial charge in [-0.2, -0.15) is 5.10 Å². The van der Waals surface area contributed by atoms with E-state index in [-0.39, 0.29) is 0 Å². The van der Waals surface area contributed by atoms with Crippen LogP contribution in [0.2, 0.25) is 0 Å². The molecule has 0 aliphatic heterocycles. The van der Waals surface area contributed by atoms with Gasteiger partial charge in [-0.15, -0.1) is 0 Å². The van der Waals surface area contributed by atoms with Crippen LogP contribution in [0.5, 0.6) is 0 Å². The third kappa shape index (κ3) is 1.59. The Kier molecular flexibility index (Phi) is 2.19. The van der Waals surface area contributed by atoms with Crippen LogP contribution in [-0.4, -0.2) is 21.5 Å². The predicted molar refractivity (Wildman–Crippen MR) is 64.7 cm³/mol. The van der Waals surface area contributed by atoms with E-state index in [2.05, 4.69) is 15.2 Å². The van der Waals surface area contributed by atoms with Crippen molar-refractivity contribution in [1.82, 2.24) is 15.2 Å². The van der Waals surface area contributed by atoms with Gasteiger partial charge in [0, 0.05) is 28.9 Å². The maximum absolute atomic E-state index is 10.7. The zero-order chi connectivity index (χ0) is 11.7. The fourth-order valence-corrected chi connectivity index (χ4v) is 1.84. The molecule has 0 radical (unpaired) electrons. The number of rotatable bonds is 2. The van der Waals surface area contributed by atoms with Gasteiger partial charge in [0.2, 0.25) is 0 Å². The molecule has 0 spiro atoms. The molecule has 3 rings (SSSR count). The highest BCUT2D eigenvalue weighted by molar-refractivity contribution is 5.95. The monoisotopic (exact) mass is 223 g/mol. The molecule has 82 valence electrons. The van der Waals surface area contributed by atoms with Crippen LogP contribution < -0.4 is 0 Å². The third-order valence-corrected chi connectivity index (χ3v) is 2.68. The lowest BCUT2D eigenvalue weighted by molar-refractivity contribution is 0.112. The number of carbonyl (C=O) groups is 1. The molecule has 3 aromatic rings. The molecule has 1 aromatic carbocycles. The van der Waals surface area contributed by atoms with E-state index in [9.17, 15) is 4.79 Å². The largest absolute Gasteiger partial charge is 0.298 e. The molecule has 2 heterocycles. The van der Waals surface area contributed by atoms with Gasteiger partial charge < -0.3 is 0 Å². The standard InChI is InChI=1S/C13H9N3O/c17-8-9-1-2-11-12(7-9)15-16-13(11)10-3-5-14-6-4-10/h1-8H,(H,15,16). The Morgan fingerprint density at radius 3 is 2.71 bits per heavy atom. The fourth-order valence-electron chi connectivity index (χ4n) is 1.84. The van der Waals surface area contributed by atoms with Crippen molar-refractivity contribution >= 4 is 17.2 Å². The van der Waals surface area contributed by atoms with Crippen molar-refractivity contribution in [3.8, 4) is 11.3 Å². The first-order valence-corrected chi connectivity index (χ1v) is 5.22. The summed E-state index contributed by atoms with van der Waals surface area (Å²) >= 11 is 0.